The van der Waals surface area contributed by atoms with Crippen LogP contribution in [0.3, 0.4) is 0 Å². The Bertz CT molecular complexity index is 818. The Morgan fingerprint density at radius 1 is 1.12 bits per heavy atom. The van der Waals surface area contributed by atoms with Gasteiger partial charge in [-0.05, 0) is 35.7 Å². The van der Waals surface area contributed by atoms with Gasteiger partial charge in [0.1, 0.15) is 0 Å². The molecule has 1 saturated heterocycles. The molecule has 6 nitrogen and oxygen atoms in total. The number of hydrogen-bond donors (Lipinski definition) is 1. The largest absolute Gasteiger partial charge is 0.452 e. The van der Waals surface area contributed by atoms with Crippen molar-refractivity contribution in [1.82, 2.24) is 4.90 Å². The van der Waals surface area contributed by atoms with Gasteiger partial charge in [-0.25, -0.2) is 4.79 Å². The van der Waals surface area contributed by atoms with Gasteiger partial charge in [0.25, 0.3) is 5.91 Å². The fourth-order valence-corrected chi connectivity index (χ4v) is 3.05. The van der Waals surface area contributed by atoms with Crippen LogP contribution in [0.15, 0.2) is 42.5 Å². The molecule has 0 bridgehead atoms. The van der Waals surface area contributed by atoms with Crippen molar-refractivity contribution < 1.29 is 19.1 Å². The summed E-state index contributed by atoms with van der Waals surface area (Å²) in [5, 5.41) is 1.96. The number of primary amides is 1. The minimum absolute atomic E-state index is 0.293. The number of piperidine rings is 1. The molecule has 2 aromatic carbocycles. The third kappa shape index (κ3) is 3.96. The smallest absolute Gasteiger partial charge is 0.338 e. The second kappa shape index (κ2) is 7.34. The summed E-state index contributed by atoms with van der Waals surface area (Å²) in [6, 6.07) is 13.0. The normalized spacial score (nSPS) is 17.3. The van der Waals surface area contributed by atoms with Gasteiger partial charge in [0.15, 0.2) is 6.61 Å². The molecule has 2 amide bonds. The van der Waals surface area contributed by atoms with E-state index in [1.807, 2.05) is 30.3 Å². The maximum Gasteiger partial charge on any atom is 0.338 e. The number of carbonyl (C=O) groups is 3. The Morgan fingerprint density at radius 3 is 2.64 bits per heavy atom. The molecule has 0 saturated carbocycles. The minimum atomic E-state index is -0.539. The van der Waals surface area contributed by atoms with Crippen molar-refractivity contribution >= 4 is 28.6 Å². The first kappa shape index (κ1) is 17.0. The SMILES string of the molecule is NC(=O)[C@@H]1CCCN(C(=O)COC(=O)c2ccc3ccccc3c2)C1. The highest BCUT2D eigenvalue weighted by molar-refractivity contribution is 5.96. The fourth-order valence-electron chi connectivity index (χ4n) is 3.05. The Kier molecular flexibility index (Phi) is 4.97. The van der Waals surface area contributed by atoms with Crippen LogP contribution in [0.25, 0.3) is 10.8 Å². The molecule has 0 unspecified atom stereocenters. The van der Waals surface area contributed by atoms with E-state index in [1.54, 1.807) is 12.1 Å². The Labute approximate surface area is 145 Å². The first-order valence-electron chi connectivity index (χ1n) is 8.27. The van der Waals surface area contributed by atoms with Crippen molar-refractivity contribution in [2.45, 2.75) is 12.8 Å². The van der Waals surface area contributed by atoms with E-state index < -0.39 is 11.9 Å². The van der Waals surface area contributed by atoms with E-state index in [9.17, 15) is 14.4 Å². The van der Waals surface area contributed by atoms with Crippen LogP contribution < -0.4 is 5.73 Å². The van der Waals surface area contributed by atoms with Crippen LogP contribution in [0.2, 0.25) is 0 Å². The van der Waals surface area contributed by atoms with Crippen molar-refractivity contribution in [2.75, 3.05) is 19.7 Å². The van der Waals surface area contributed by atoms with Gasteiger partial charge in [-0.2, -0.15) is 0 Å². The van der Waals surface area contributed by atoms with Crippen LogP contribution in [-0.2, 0) is 14.3 Å². The summed E-state index contributed by atoms with van der Waals surface area (Å²) in [5.41, 5.74) is 5.71. The molecule has 1 heterocycles. The number of nitrogens with zero attached hydrogens (tertiary/aromatic N) is 1. The molecule has 0 aromatic heterocycles. The van der Waals surface area contributed by atoms with E-state index in [0.29, 0.717) is 25.1 Å². The maximum atomic E-state index is 12.2. The predicted molar refractivity (Wildman–Crippen MR) is 92.7 cm³/mol. The van der Waals surface area contributed by atoms with Gasteiger partial charge in [0, 0.05) is 13.1 Å². The van der Waals surface area contributed by atoms with Crippen molar-refractivity contribution in [3.05, 3.63) is 48.0 Å². The summed E-state index contributed by atoms with van der Waals surface area (Å²) in [5.74, 6) is -1.57. The van der Waals surface area contributed by atoms with Gasteiger partial charge in [-0.15, -0.1) is 0 Å². The quantitative estimate of drug-likeness (QED) is 0.858. The standard InChI is InChI=1S/C19H20N2O4/c20-18(23)16-6-3-9-21(11-16)17(22)12-25-19(24)15-8-7-13-4-1-2-5-14(13)10-15/h1-2,4-5,7-8,10,16H,3,6,9,11-12H2,(H2,20,23)/t16-/m1/s1. The highest BCUT2D eigenvalue weighted by atomic mass is 16.5. The van der Waals surface area contributed by atoms with Crippen LogP contribution in [0.4, 0.5) is 0 Å². The number of amides is 2. The highest BCUT2D eigenvalue weighted by Gasteiger charge is 2.27. The number of hydrogen-bond acceptors (Lipinski definition) is 4. The molecule has 6 heteroatoms. The van der Waals surface area contributed by atoms with Crippen molar-refractivity contribution in [3.63, 3.8) is 0 Å². The average Bonchev–Trinajstić information content (AvgIpc) is 2.65. The van der Waals surface area contributed by atoms with Crippen LogP contribution in [-0.4, -0.2) is 42.4 Å². The Balaban J connectivity index is 1.59. The van der Waals surface area contributed by atoms with E-state index in [2.05, 4.69) is 0 Å². The molecule has 3 rings (SSSR count). The van der Waals surface area contributed by atoms with Crippen molar-refractivity contribution in [3.8, 4) is 0 Å². The molecule has 1 aliphatic heterocycles. The summed E-state index contributed by atoms with van der Waals surface area (Å²) < 4.78 is 5.14. The van der Waals surface area contributed by atoms with Gasteiger partial charge < -0.3 is 15.4 Å². The van der Waals surface area contributed by atoms with Crippen LogP contribution >= 0.6 is 0 Å². The third-order valence-electron chi connectivity index (χ3n) is 4.49. The number of rotatable bonds is 4. The molecule has 1 aliphatic rings. The zero-order valence-corrected chi connectivity index (χ0v) is 13.8. The van der Waals surface area contributed by atoms with Crippen molar-refractivity contribution in [1.29, 1.82) is 0 Å². The highest BCUT2D eigenvalue weighted by Crippen LogP contribution is 2.18. The average molecular weight is 340 g/mol. The maximum absolute atomic E-state index is 12.2. The summed E-state index contributed by atoms with van der Waals surface area (Å²) in [6.07, 6.45) is 1.41. The first-order chi connectivity index (χ1) is 12.0. The summed E-state index contributed by atoms with van der Waals surface area (Å²) >= 11 is 0. The molecule has 1 fully saturated rings. The molecule has 1 atom stereocenters. The predicted octanol–water partition coefficient (Wildman–Crippen LogP) is 1.72. The first-order valence-corrected chi connectivity index (χ1v) is 8.27. The summed E-state index contributed by atoms with van der Waals surface area (Å²) in [7, 11) is 0. The minimum Gasteiger partial charge on any atom is -0.452 e. The number of likely N-dealkylation sites (tertiary alicyclic amines) is 1. The second-order valence-electron chi connectivity index (χ2n) is 6.22. The second-order valence-corrected chi connectivity index (χ2v) is 6.22. The van der Waals surface area contributed by atoms with E-state index in [1.165, 1.54) is 4.90 Å². The zero-order chi connectivity index (χ0) is 17.8. The fraction of sp³-hybridized carbons (Fsp3) is 0.316. The molecule has 0 spiro atoms. The van der Waals surface area contributed by atoms with E-state index in [-0.39, 0.29) is 18.4 Å². The van der Waals surface area contributed by atoms with Crippen LogP contribution in [0.5, 0.6) is 0 Å². The number of carbonyl (C=O) groups excluding carboxylic acids is 3. The molecule has 2 aromatic rings. The number of fused-ring (bicyclic) bond motifs is 1. The topological polar surface area (TPSA) is 89.7 Å². The molecule has 25 heavy (non-hydrogen) atoms. The Morgan fingerprint density at radius 2 is 1.88 bits per heavy atom. The molecular weight excluding hydrogens is 320 g/mol. The van der Waals surface area contributed by atoms with Gasteiger partial charge in [-0.3, -0.25) is 9.59 Å². The molecule has 2 N–H and O–H groups in total. The molecule has 0 radical (unpaired) electrons. The van der Waals surface area contributed by atoms with Crippen LogP contribution in [0, 0.1) is 5.92 Å². The number of nitrogens with two attached hydrogens (primary N) is 1. The van der Waals surface area contributed by atoms with E-state index in [0.717, 1.165) is 17.2 Å². The van der Waals surface area contributed by atoms with E-state index >= 15 is 0 Å². The van der Waals surface area contributed by atoms with E-state index in [4.69, 9.17) is 10.5 Å². The number of benzene rings is 2. The van der Waals surface area contributed by atoms with Gasteiger partial charge in [-0.1, -0.05) is 30.3 Å². The van der Waals surface area contributed by atoms with Gasteiger partial charge >= 0.3 is 5.97 Å². The summed E-state index contributed by atoms with van der Waals surface area (Å²) in [6.45, 7) is 0.509. The molecule has 0 aliphatic carbocycles. The monoisotopic (exact) mass is 340 g/mol. The number of esters is 1. The van der Waals surface area contributed by atoms with Crippen molar-refractivity contribution in [2.24, 2.45) is 11.7 Å². The number of ether oxygens (including phenoxy) is 1. The lowest BCUT2D eigenvalue weighted by molar-refractivity contribution is -0.137. The summed E-state index contributed by atoms with van der Waals surface area (Å²) in [4.78, 5) is 37.2. The molecular formula is C19H20N2O4. The van der Waals surface area contributed by atoms with Gasteiger partial charge in [0.2, 0.25) is 5.91 Å². The third-order valence-corrected chi connectivity index (χ3v) is 4.49. The van der Waals surface area contributed by atoms with Gasteiger partial charge in [0.05, 0.1) is 11.5 Å². The lowest BCUT2D eigenvalue weighted by atomic mass is 9.97. The van der Waals surface area contributed by atoms with Crippen LogP contribution in [0.1, 0.15) is 23.2 Å². The molecule has 130 valence electrons. The Hall–Kier alpha value is -2.89. The zero-order valence-electron chi connectivity index (χ0n) is 13.8. The lowest BCUT2D eigenvalue weighted by Crippen LogP contribution is -2.45. The lowest BCUT2D eigenvalue weighted by Gasteiger charge is -2.31.